The van der Waals surface area contributed by atoms with Crippen molar-refractivity contribution >= 4 is 39.2 Å². The molecule has 1 aromatic rings. The summed E-state index contributed by atoms with van der Waals surface area (Å²) >= 11 is 11.7. The van der Waals surface area contributed by atoms with E-state index in [1.54, 1.807) is 0 Å². The van der Waals surface area contributed by atoms with E-state index in [-0.39, 0.29) is 21.5 Å². The Bertz CT molecular complexity index is 632. The van der Waals surface area contributed by atoms with Crippen LogP contribution in [0.3, 0.4) is 0 Å². The smallest absolute Gasteiger partial charge is 0.322 e. The molecule has 1 heterocycles. The summed E-state index contributed by atoms with van der Waals surface area (Å²) < 4.78 is 26.2. The first-order valence-electron chi connectivity index (χ1n) is 6.04. The summed E-state index contributed by atoms with van der Waals surface area (Å²) in [5, 5.41) is 9.44. The van der Waals surface area contributed by atoms with Crippen LogP contribution in [0.5, 0.6) is 0 Å². The third-order valence-corrected chi connectivity index (χ3v) is 5.84. The van der Waals surface area contributed by atoms with Crippen LogP contribution in [0.25, 0.3) is 0 Å². The fourth-order valence-electron chi connectivity index (χ4n) is 2.24. The van der Waals surface area contributed by atoms with E-state index in [1.807, 2.05) is 0 Å². The zero-order valence-corrected chi connectivity index (χ0v) is 12.7. The Kier molecular flexibility index (Phi) is 4.59. The number of benzene rings is 1. The first kappa shape index (κ1) is 15.6. The van der Waals surface area contributed by atoms with Gasteiger partial charge < -0.3 is 5.11 Å². The highest BCUT2D eigenvalue weighted by Crippen LogP contribution is 2.31. The third kappa shape index (κ3) is 2.93. The normalized spacial score (nSPS) is 20.8. The summed E-state index contributed by atoms with van der Waals surface area (Å²) in [6.45, 7) is 0.169. The monoisotopic (exact) mass is 337 g/mol. The van der Waals surface area contributed by atoms with Gasteiger partial charge in [0.15, 0.2) is 0 Å². The maximum Gasteiger partial charge on any atom is 0.322 e. The fraction of sp³-hybridized carbons (Fsp3) is 0.417. The van der Waals surface area contributed by atoms with E-state index in [9.17, 15) is 18.3 Å². The minimum absolute atomic E-state index is 0.0316. The summed E-state index contributed by atoms with van der Waals surface area (Å²) in [6, 6.07) is 3.06. The topological polar surface area (TPSA) is 74.7 Å². The zero-order chi connectivity index (χ0) is 14.9. The van der Waals surface area contributed by atoms with Crippen molar-refractivity contribution in [2.75, 3.05) is 6.54 Å². The van der Waals surface area contributed by atoms with Crippen molar-refractivity contribution in [2.45, 2.75) is 30.2 Å². The highest BCUT2D eigenvalue weighted by molar-refractivity contribution is 7.89. The van der Waals surface area contributed by atoms with E-state index in [0.717, 1.165) is 4.31 Å². The Hall–Kier alpha value is -0.820. The van der Waals surface area contributed by atoms with Crippen molar-refractivity contribution < 1.29 is 18.3 Å². The molecule has 8 heteroatoms. The Balaban J connectivity index is 2.47. The molecule has 0 bridgehead atoms. The summed E-state index contributed by atoms with van der Waals surface area (Å²) in [4.78, 5) is 11.1. The quantitative estimate of drug-likeness (QED) is 0.919. The van der Waals surface area contributed by atoms with Crippen LogP contribution >= 0.6 is 23.2 Å². The molecule has 0 aliphatic carbocycles. The van der Waals surface area contributed by atoms with Gasteiger partial charge in [0, 0.05) is 11.6 Å². The number of carboxylic acid groups (broad SMARTS) is 1. The molecule has 110 valence electrons. The van der Waals surface area contributed by atoms with Gasteiger partial charge >= 0.3 is 5.97 Å². The predicted octanol–water partition coefficient (Wildman–Crippen LogP) is 2.62. The molecule has 2 rings (SSSR count). The van der Waals surface area contributed by atoms with Crippen LogP contribution in [0.4, 0.5) is 0 Å². The number of sulfonamides is 1. The fourth-order valence-corrected chi connectivity index (χ4v) is 4.63. The van der Waals surface area contributed by atoms with E-state index in [2.05, 4.69) is 0 Å². The lowest BCUT2D eigenvalue weighted by molar-refractivity contribution is -0.142. The lowest BCUT2D eigenvalue weighted by Gasteiger charge is -2.32. The molecule has 1 aliphatic heterocycles. The molecule has 20 heavy (non-hydrogen) atoms. The van der Waals surface area contributed by atoms with E-state index in [1.165, 1.54) is 18.2 Å². The number of piperidine rings is 1. The highest BCUT2D eigenvalue weighted by atomic mass is 35.5. The second kappa shape index (κ2) is 5.89. The number of nitrogens with zero attached hydrogens (tertiary/aromatic N) is 1. The molecule has 0 amide bonds. The van der Waals surface area contributed by atoms with E-state index < -0.39 is 22.0 Å². The number of carboxylic acids is 1. The van der Waals surface area contributed by atoms with Gasteiger partial charge in [0.2, 0.25) is 10.0 Å². The van der Waals surface area contributed by atoms with Crippen molar-refractivity contribution in [3.63, 3.8) is 0 Å². The number of halogens is 2. The molecule has 0 spiro atoms. The van der Waals surface area contributed by atoms with Gasteiger partial charge in [-0.2, -0.15) is 4.31 Å². The highest BCUT2D eigenvalue weighted by Gasteiger charge is 2.38. The van der Waals surface area contributed by atoms with Crippen LogP contribution in [-0.2, 0) is 14.8 Å². The van der Waals surface area contributed by atoms with E-state index >= 15 is 0 Å². The Morgan fingerprint density at radius 3 is 2.65 bits per heavy atom. The molecule has 0 aromatic heterocycles. The van der Waals surface area contributed by atoms with Crippen LogP contribution in [0.15, 0.2) is 23.1 Å². The van der Waals surface area contributed by atoms with Gasteiger partial charge in [-0.05, 0) is 37.5 Å². The van der Waals surface area contributed by atoms with Crippen LogP contribution in [-0.4, -0.2) is 36.4 Å². The summed E-state index contributed by atoms with van der Waals surface area (Å²) in [6.07, 6.45) is 1.61. The second-order valence-corrected chi connectivity index (χ2v) is 7.24. The maximum atomic E-state index is 12.6. The minimum Gasteiger partial charge on any atom is -0.480 e. The standard InChI is InChI=1S/C12H13Cl2NO4S/c13-8-4-5-9(14)11(7-8)20(18,19)15-6-2-1-3-10(15)12(16)17/h4-5,7,10H,1-3,6H2,(H,16,17)/t10-/m0/s1. The van der Waals surface area contributed by atoms with E-state index in [4.69, 9.17) is 23.2 Å². The zero-order valence-electron chi connectivity index (χ0n) is 10.4. The molecule has 1 N–H and O–H groups in total. The Labute approximate surface area is 127 Å². The molecule has 1 saturated heterocycles. The molecule has 1 atom stereocenters. The molecule has 1 fully saturated rings. The van der Waals surface area contributed by atoms with Crippen molar-refractivity contribution in [1.29, 1.82) is 0 Å². The van der Waals surface area contributed by atoms with Crippen molar-refractivity contribution in [2.24, 2.45) is 0 Å². The number of carbonyl (C=O) groups is 1. The lowest BCUT2D eigenvalue weighted by atomic mass is 10.1. The van der Waals surface area contributed by atoms with Gasteiger partial charge in [0.05, 0.1) is 5.02 Å². The Morgan fingerprint density at radius 2 is 2.00 bits per heavy atom. The number of rotatable bonds is 3. The van der Waals surface area contributed by atoms with Gasteiger partial charge in [-0.3, -0.25) is 4.79 Å². The molecule has 0 radical (unpaired) electrons. The van der Waals surface area contributed by atoms with Crippen molar-refractivity contribution in [1.82, 2.24) is 4.31 Å². The van der Waals surface area contributed by atoms with Crippen LogP contribution in [0.2, 0.25) is 10.0 Å². The summed E-state index contributed by atoms with van der Waals surface area (Å²) in [5.41, 5.74) is 0. The average molecular weight is 338 g/mol. The summed E-state index contributed by atoms with van der Waals surface area (Å²) in [5.74, 6) is -1.15. The van der Waals surface area contributed by atoms with E-state index in [0.29, 0.717) is 19.3 Å². The Morgan fingerprint density at radius 1 is 1.30 bits per heavy atom. The third-order valence-electron chi connectivity index (χ3n) is 3.22. The SMILES string of the molecule is O=C(O)[C@@H]1CCCCN1S(=O)(=O)c1cc(Cl)ccc1Cl. The van der Waals surface area contributed by atoms with Gasteiger partial charge in [0.25, 0.3) is 0 Å². The molecule has 5 nitrogen and oxygen atoms in total. The van der Waals surface area contributed by atoms with Crippen LogP contribution < -0.4 is 0 Å². The number of hydrogen-bond acceptors (Lipinski definition) is 3. The van der Waals surface area contributed by atoms with Crippen LogP contribution in [0.1, 0.15) is 19.3 Å². The number of aliphatic carboxylic acids is 1. The summed E-state index contributed by atoms with van der Waals surface area (Å²) in [7, 11) is -3.97. The molecular weight excluding hydrogens is 325 g/mol. The van der Waals surface area contributed by atoms with Crippen LogP contribution in [0, 0.1) is 0 Å². The molecule has 1 aliphatic rings. The first-order chi connectivity index (χ1) is 9.34. The van der Waals surface area contributed by atoms with Crippen molar-refractivity contribution in [3.05, 3.63) is 28.2 Å². The molecule has 0 saturated carbocycles. The second-order valence-electron chi connectivity index (χ2n) is 4.54. The van der Waals surface area contributed by atoms with Gasteiger partial charge in [-0.1, -0.05) is 23.2 Å². The van der Waals surface area contributed by atoms with Gasteiger partial charge in [-0.15, -0.1) is 0 Å². The first-order valence-corrected chi connectivity index (χ1v) is 8.23. The molecule has 1 aromatic carbocycles. The maximum absolute atomic E-state index is 12.6. The predicted molar refractivity (Wildman–Crippen MR) is 75.6 cm³/mol. The largest absolute Gasteiger partial charge is 0.480 e. The lowest BCUT2D eigenvalue weighted by Crippen LogP contribution is -2.47. The molecule has 0 unspecified atom stereocenters. The average Bonchev–Trinajstić information content (AvgIpc) is 2.41. The minimum atomic E-state index is -3.97. The van der Waals surface area contributed by atoms with Crippen molar-refractivity contribution in [3.8, 4) is 0 Å². The number of hydrogen-bond donors (Lipinski definition) is 1. The molecular formula is C12H13Cl2NO4S. The van der Waals surface area contributed by atoms with Gasteiger partial charge in [-0.25, -0.2) is 8.42 Å². The van der Waals surface area contributed by atoms with Gasteiger partial charge in [0.1, 0.15) is 10.9 Å².